The number of fused-ring (bicyclic) bond motifs is 1. The zero-order valence-corrected chi connectivity index (χ0v) is 14.0. The lowest BCUT2D eigenvalue weighted by Gasteiger charge is -2.35. The molecule has 0 aromatic carbocycles. The van der Waals surface area contributed by atoms with Crippen molar-refractivity contribution in [2.45, 2.75) is 77.7 Å². The Morgan fingerprint density at radius 2 is 1.90 bits per heavy atom. The molecule has 3 aliphatic rings. The summed E-state index contributed by atoms with van der Waals surface area (Å²) in [5.41, 5.74) is 0. The predicted molar refractivity (Wildman–Crippen MR) is 84.9 cm³/mol. The van der Waals surface area contributed by atoms with Crippen LogP contribution in [0.3, 0.4) is 0 Å². The monoisotopic (exact) mass is 293 g/mol. The molecule has 3 aliphatic heterocycles. The Balaban J connectivity index is 1.79. The lowest BCUT2D eigenvalue weighted by atomic mass is 10.0. The van der Waals surface area contributed by atoms with Gasteiger partial charge in [0.2, 0.25) is 5.91 Å². The summed E-state index contributed by atoms with van der Waals surface area (Å²) >= 11 is 0. The summed E-state index contributed by atoms with van der Waals surface area (Å²) in [5.74, 6) is 1.40. The van der Waals surface area contributed by atoms with Gasteiger partial charge in [-0.05, 0) is 44.1 Å². The van der Waals surface area contributed by atoms with Gasteiger partial charge in [0.05, 0.1) is 18.2 Å². The van der Waals surface area contributed by atoms with E-state index in [1.54, 1.807) is 0 Å². The fourth-order valence-electron chi connectivity index (χ4n) is 4.58. The molecule has 1 amide bonds. The first-order valence-corrected chi connectivity index (χ1v) is 8.81. The molecule has 0 radical (unpaired) electrons. The smallest absolute Gasteiger partial charge is 0.241 e. The molecule has 4 atom stereocenters. The third-order valence-electron chi connectivity index (χ3n) is 5.49. The van der Waals surface area contributed by atoms with Crippen molar-refractivity contribution in [2.24, 2.45) is 11.8 Å². The van der Waals surface area contributed by atoms with E-state index in [4.69, 9.17) is 0 Å². The van der Waals surface area contributed by atoms with E-state index in [9.17, 15) is 4.79 Å². The molecule has 0 aromatic heterocycles. The average Bonchev–Trinajstić information content (AvgIpc) is 3.05. The zero-order valence-electron chi connectivity index (χ0n) is 14.0. The van der Waals surface area contributed by atoms with Crippen molar-refractivity contribution in [3.05, 3.63) is 0 Å². The largest absolute Gasteiger partial charge is 0.321 e. The van der Waals surface area contributed by atoms with Crippen molar-refractivity contribution in [3.63, 3.8) is 0 Å². The van der Waals surface area contributed by atoms with Gasteiger partial charge in [-0.2, -0.15) is 0 Å². The summed E-state index contributed by atoms with van der Waals surface area (Å²) in [6.07, 6.45) is 4.92. The second kappa shape index (κ2) is 5.88. The second-order valence-electron chi connectivity index (χ2n) is 7.88. The Kier molecular flexibility index (Phi) is 4.28. The number of nitrogens with one attached hydrogen (secondary N) is 1. The zero-order chi connectivity index (χ0) is 15.1. The van der Waals surface area contributed by atoms with Gasteiger partial charge in [-0.1, -0.05) is 27.7 Å². The Labute approximate surface area is 129 Å². The molecule has 0 aromatic rings. The van der Waals surface area contributed by atoms with Crippen LogP contribution in [0.25, 0.3) is 0 Å². The van der Waals surface area contributed by atoms with Gasteiger partial charge in [0.25, 0.3) is 0 Å². The first-order valence-electron chi connectivity index (χ1n) is 8.81. The number of rotatable bonds is 4. The Hall–Kier alpha value is -0.610. The van der Waals surface area contributed by atoms with E-state index in [2.05, 4.69) is 42.8 Å². The van der Waals surface area contributed by atoms with Crippen LogP contribution < -0.4 is 5.32 Å². The highest BCUT2D eigenvalue weighted by atomic mass is 16.2. The number of nitrogens with zero attached hydrogens (tertiary/aromatic N) is 2. The molecule has 1 N–H and O–H groups in total. The van der Waals surface area contributed by atoms with Gasteiger partial charge >= 0.3 is 0 Å². The van der Waals surface area contributed by atoms with Crippen molar-refractivity contribution in [3.8, 4) is 0 Å². The number of amides is 1. The molecule has 3 fully saturated rings. The highest BCUT2D eigenvalue weighted by Gasteiger charge is 2.49. The lowest BCUT2D eigenvalue weighted by molar-refractivity contribution is -0.133. The van der Waals surface area contributed by atoms with E-state index in [1.807, 2.05) is 0 Å². The minimum atomic E-state index is 0.0350. The van der Waals surface area contributed by atoms with Crippen LogP contribution in [0.4, 0.5) is 0 Å². The molecule has 120 valence electrons. The van der Waals surface area contributed by atoms with Crippen molar-refractivity contribution >= 4 is 5.91 Å². The van der Waals surface area contributed by atoms with Crippen LogP contribution in [0.1, 0.15) is 53.4 Å². The summed E-state index contributed by atoms with van der Waals surface area (Å²) in [6.45, 7) is 11.3. The molecule has 0 aliphatic carbocycles. The minimum Gasteiger partial charge on any atom is -0.321 e. The van der Waals surface area contributed by atoms with E-state index >= 15 is 0 Å². The highest BCUT2D eigenvalue weighted by Crippen LogP contribution is 2.35. The summed E-state index contributed by atoms with van der Waals surface area (Å²) in [7, 11) is 0. The molecule has 3 rings (SSSR count). The van der Waals surface area contributed by atoms with Crippen LogP contribution in [0.5, 0.6) is 0 Å². The van der Waals surface area contributed by atoms with Crippen LogP contribution in [-0.2, 0) is 4.79 Å². The minimum absolute atomic E-state index is 0.0350. The molecule has 0 spiro atoms. The maximum atomic E-state index is 13.0. The number of carbonyl (C=O) groups excluding carboxylic acids is 1. The van der Waals surface area contributed by atoms with Crippen molar-refractivity contribution < 1.29 is 4.79 Å². The fraction of sp³-hybridized carbons (Fsp3) is 0.941. The number of hydrogen-bond donors (Lipinski definition) is 1. The Bertz CT molecular complexity index is 395. The molecule has 3 saturated heterocycles. The molecular weight excluding hydrogens is 262 g/mol. The third-order valence-corrected chi connectivity index (χ3v) is 5.49. The van der Waals surface area contributed by atoms with Crippen LogP contribution >= 0.6 is 0 Å². The predicted octanol–water partition coefficient (Wildman–Crippen LogP) is 2.05. The fourth-order valence-corrected chi connectivity index (χ4v) is 4.58. The topological polar surface area (TPSA) is 35.6 Å². The molecule has 3 heterocycles. The van der Waals surface area contributed by atoms with E-state index in [1.165, 1.54) is 25.9 Å². The quantitative estimate of drug-likeness (QED) is 0.862. The normalized spacial score (nSPS) is 37.2. The van der Waals surface area contributed by atoms with E-state index in [0.717, 1.165) is 12.8 Å². The maximum absolute atomic E-state index is 13.0. The summed E-state index contributed by atoms with van der Waals surface area (Å²) in [6, 6.07) is 1.10. The van der Waals surface area contributed by atoms with Crippen molar-refractivity contribution in [1.29, 1.82) is 0 Å². The molecule has 4 heteroatoms. The first-order chi connectivity index (χ1) is 9.99. The summed E-state index contributed by atoms with van der Waals surface area (Å²) < 4.78 is 0. The van der Waals surface area contributed by atoms with Gasteiger partial charge in [0.1, 0.15) is 0 Å². The molecule has 21 heavy (non-hydrogen) atoms. The van der Waals surface area contributed by atoms with Crippen molar-refractivity contribution in [1.82, 2.24) is 15.1 Å². The van der Waals surface area contributed by atoms with Crippen LogP contribution in [0.15, 0.2) is 0 Å². The van der Waals surface area contributed by atoms with Crippen LogP contribution in [-0.4, -0.2) is 53.1 Å². The third kappa shape index (κ3) is 2.72. The van der Waals surface area contributed by atoms with Gasteiger partial charge in [-0.3, -0.25) is 15.0 Å². The molecular formula is C17H31N3O. The van der Waals surface area contributed by atoms with Gasteiger partial charge in [-0.15, -0.1) is 0 Å². The van der Waals surface area contributed by atoms with E-state index < -0.39 is 0 Å². The Morgan fingerprint density at radius 3 is 2.57 bits per heavy atom. The standard InChI is InChI=1S/C17H31N3O/c1-11(2)10-13-17(21)20(16(18-13)12(3)4)15-7-9-19-8-5-6-14(15)19/h11-16,18H,5-10H2,1-4H3. The Morgan fingerprint density at radius 1 is 1.14 bits per heavy atom. The van der Waals surface area contributed by atoms with E-state index in [0.29, 0.717) is 29.8 Å². The van der Waals surface area contributed by atoms with Crippen molar-refractivity contribution in [2.75, 3.05) is 13.1 Å². The van der Waals surface area contributed by atoms with Crippen LogP contribution in [0, 0.1) is 11.8 Å². The van der Waals surface area contributed by atoms with Gasteiger partial charge in [0, 0.05) is 12.6 Å². The van der Waals surface area contributed by atoms with Crippen LogP contribution in [0.2, 0.25) is 0 Å². The number of carbonyl (C=O) groups is 1. The van der Waals surface area contributed by atoms with Gasteiger partial charge in [0.15, 0.2) is 0 Å². The second-order valence-corrected chi connectivity index (χ2v) is 7.88. The number of hydrogen-bond acceptors (Lipinski definition) is 3. The van der Waals surface area contributed by atoms with Gasteiger partial charge < -0.3 is 4.90 Å². The summed E-state index contributed by atoms with van der Waals surface area (Å²) in [5, 5.41) is 3.64. The molecule has 0 bridgehead atoms. The molecule has 0 saturated carbocycles. The van der Waals surface area contributed by atoms with Gasteiger partial charge in [-0.25, -0.2) is 0 Å². The highest BCUT2D eigenvalue weighted by molar-refractivity contribution is 5.84. The molecule has 4 unspecified atom stereocenters. The first kappa shape index (κ1) is 15.3. The van der Waals surface area contributed by atoms with E-state index in [-0.39, 0.29) is 12.2 Å². The molecule has 4 nitrogen and oxygen atoms in total. The lowest BCUT2D eigenvalue weighted by Crippen LogP contribution is -2.51. The summed E-state index contributed by atoms with van der Waals surface area (Å²) in [4.78, 5) is 17.8. The SMILES string of the molecule is CC(C)CC1NC(C(C)C)N(C2CCN3CCCC23)C1=O. The average molecular weight is 293 g/mol. The maximum Gasteiger partial charge on any atom is 0.241 e.